The number of rotatable bonds is 0. The fourth-order valence-corrected chi connectivity index (χ4v) is 0. The average molecular weight is 220 g/mol. The van der Waals surface area contributed by atoms with Crippen LogP contribution in [0.25, 0.3) is 10.3 Å². The Labute approximate surface area is 78.8 Å². The summed E-state index contributed by atoms with van der Waals surface area (Å²) in [5, 5.41) is 10.5. The van der Waals surface area contributed by atoms with Crippen molar-refractivity contribution in [3.63, 3.8) is 0 Å². The van der Waals surface area contributed by atoms with Gasteiger partial charge >= 0.3 is 23.1 Å². The minimum Gasteiger partial charge on any atom is -0.536 e. The second-order valence-corrected chi connectivity index (χ2v) is 2.63. The summed E-state index contributed by atoms with van der Waals surface area (Å²) in [6.07, 6.45) is 0. The monoisotopic (exact) mass is 220 g/mol. The van der Waals surface area contributed by atoms with Gasteiger partial charge in [0.25, 0.3) is 0 Å². The van der Waals surface area contributed by atoms with Crippen molar-refractivity contribution in [2.45, 2.75) is 0 Å². The molecular formula is H2F2MgN2O4S2. The molecule has 0 bridgehead atoms. The fourth-order valence-electron chi connectivity index (χ4n) is 0. The van der Waals surface area contributed by atoms with Crippen LogP contribution in [0.1, 0.15) is 0 Å². The van der Waals surface area contributed by atoms with Gasteiger partial charge in [0.05, 0.1) is 0 Å². The first-order chi connectivity index (χ1) is 4.00. The van der Waals surface area contributed by atoms with E-state index in [9.17, 15) is 7.77 Å². The molecule has 0 aromatic carbocycles. The molecule has 0 atom stereocenters. The Bertz CT molecular complexity index is 220. The van der Waals surface area contributed by atoms with Crippen molar-refractivity contribution < 1.29 is 24.6 Å². The second-order valence-electron chi connectivity index (χ2n) is 0.876. The van der Waals surface area contributed by atoms with Crippen LogP contribution in [-0.2, 0) is 20.8 Å². The summed E-state index contributed by atoms with van der Waals surface area (Å²) >= 11 is 0. The Balaban J connectivity index is -0.000000107. The van der Waals surface area contributed by atoms with E-state index in [1.807, 2.05) is 0 Å². The standard InChI is InChI=1S/2FHNO2S.Mg/c2*1-5(2,3)4;/h2*(H-,2,3,4);/q2*-1;+2. The minimum absolute atomic E-state index is 0. The summed E-state index contributed by atoms with van der Waals surface area (Å²) in [6.45, 7) is 0. The maximum Gasteiger partial charge on any atom is 2.00 e. The van der Waals surface area contributed by atoms with Crippen molar-refractivity contribution in [3.05, 3.63) is 10.3 Å². The normalized spacial score (nSPS) is 10.5. The molecule has 0 fully saturated rings. The zero-order valence-corrected chi connectivity index (χ0v) is 7.96. The van der Waals surface area contributed by atoms with Crippen molar-refractivity contribution in [2.24, 2.45) is 0 Å². The summed E-state index contributed by atoms with van der Waals surface area (Å²) in [5.41, 5.74) is 0. The third-order valence-electron chi connectivity index (χ3n) is 0. The first-order valence-corrected chi connectivity index (χ1v) is 4.15. The predicted molar refractivity (Wildman–Crippen MR) is 34.5 cm³/mol. The Morgan fingerprint density at radius 2 is 0.818 bits per heavy atom. The molecule has 0 aliphatic rings. The van der Waals surface area contributed by atoms with Gasteiger partial charge in [0.15, 0.2) is 0 Å². The van der Waals surface area contributed by atoms with Crippen LogP contribution in [0.15, 0.2) is 0 Å². The number of hydrogen-bond donors (Lipinski definition) is 0. The van der Waals surface area contributed by atoms with E-state index in [0.717, 1.165) is 0 Å². The molecule has 0 radical (unpaired) electrons. The SMILES string of the molecule is [Mg+2].[NH-]S(=O)(=O)F.[NH-]S(=O)(=O)F. The van der Waals surface area contributed by atoms with Gasteiger partial charge in [0.1, 0.15) is 0 Å². The molecule has 2 N–H and O–H groups in total. The number of halogens is 2. The number of hydrogen-bond acceptors (Lipinski definition) is 4. The van der Waals surface area contributed by atoms with E-state index in [2.05, 4.69) is 0 Å². The molecule has 0 spiro atoms. The van der Waals surface area contributed by atoms with Crippen LogP contribution in [0.4, 0.5) is 7.77 Å². The molecule has 0 heterocycles. The van der Waals surface area contributed by atoms with Gasteiger partial charge in [0.2, 0.25) is 20.8 Å². The molecule has 0 rings (SSSR count). The molecule has 0 saturated carbocycles. The van der Waals surface area contributed by atoms with E-state index >= 15 is 0 Å². The Kier molecular flexibility index (Phi) is 9.58. The van der Waals surface area contributed by atoms with Crippen LogP contribution < -0.4 is 0 Å². The van der Waals surface area contributed by atoms with Crippen molar-refractivity contribution in [2.75, 3.05) is 0 Å². The molecule has 0 amide bonds. The zero-order chi connectivity index (χ0) is 9.00. The molecule has 11 heavy (non-hydrogen) atoms. The summed E-state index contributed by atoms with van der Waals surface area (Å²) in [6, 6.07) is 0. The van der Waals surface area contributed by atoms with Gasteiger partial charge in [-0.1, -0.05) is 0 Å². The van der Waals surface area contributed by atoms with E-state index in [1.165, 1.54) is 0 Å². The van der Waals surface area contributed by atoms with Crippen molar-refractivity contribution in [3.8, 4) is 0 Å². The van der Waals surface area contributed by atoms with E-state index in [-0.39, 0.29) is 23.1 Å². The van der Waals surface area contributed by atoms with Crippen LogP contribution in [0.2, 0.25) is 0 Å². The van der Waals surface area contributed by atoms with Gasteiger partial charge in [-0.05, 0) is 0 Å². The van der Waals surface area contributed by atoms with E-state index < -0.39 is 20.8 Å². The van der Waals surface area contributed by atoms with E-state index in [0.29, 0.717) is 0 Å². The topological polar surface area (TPSA) is 116 Å². The third-order valence-corrected chi connectivity index (χ3v) is 0. The van der Waals surface area contributed by atoms with Crippen molar-refractivity contribution >= 4 is 43.9 Å². The maximum absolute atomic E-state index is 10.3. The molecule has 0 aliphatic heterocycles. The van der Waals surface area contributed by atoms with Crippen LogP contribution in [-0.4, -0.2) is 39.9 Å². The molecule has 6 nitrogen and oxygen atoms in total. The molecule has 0 saturated heterocycles. The molecule has 0 aliphatic carbocycles. The Morgan fingerprint density at radius 1 is 0.818 bits per heavy atom. The van der Waals surface area contributed by atoms with E-state index in [1.54, 1.807) is 0 Å². The quantitative estimate of drug-likeness (QED) is 0.426. The van der Waals surface area contributed by atoms with Gasteiger partial charge in [0, 0.05) is 0 Å². The van der Waals surface area contributed by atoms with Crippen LogP contribution in [0.5, 0.6) is 0 Å². The third kappa shape index (κ3) is 3740. The molecule has 11 heteroatoms. The molecule has 0 aromatic heterocycles. The van der Waals surface area contributed by atoms with E-state index in [4.69, 9.17) is 27.1 Å². The van der Waals surface area contributed by atoms with Crippen LogP contribution in [0, 0.1) is 0 Å². The van der Waals surface area contributed by atoms with Crippen LogP contribution in [0.3, 0.4) is 0 Å². The van der Waals surface area contributed by atoms with Crippen molar-refractivity contribution in [1.82, 2.24) is 0 Å². The summed E-state index contributed by atoms with van der Waals surface area (Å²) in [5.74, 6) is 0. The van der Waals surface area contributed by atoms with Crippen molar-refractivity contribution in [1.29, 1.82) is 0 Å². The summed E-state index contributed by atoms with van der Waals surface area (Å²) < 4.78 is 55.2. The molecule has 64 valence electrons. The summed E-state index contributed by atoms with van der Waals surface area (Å²) in [4.78, 5) is 0. The van der Waals surface area contributed by atoms with Gasteiger partial charge in [-0.2, -0.15) is 0 Å². The maximum atomic E-state index is 10.3. The first kappa shape index (κ1) is 17.5. The van der Waals surface area contributed by atoms with Gasteiger partial charge < -0.3 is 10.3 Å². The largest absolute Gasteiger partial charge is 2.00 e. The summed E-state index contributed by atoms with van der Waals surface area (Å²) in [7, 11) is -9.83. The molecular weight excluding hydrogens is 218 g/mol. The molecule has 0 unspecified atom stereocenters. The average Bonchev–Trinajstić information content (AvgIpc) is 1.12. The fraction of sp³-hybridized carbons (Fsp3) is 0. The predicted octanol–water partition coefficient (Wildman–Crippen LogP) is 0.125. The Morgan fingerprint density at radius 3 is 0.818 bits per heavy atom. The van der Waals surface area contributed by atoms with Crippen LogP contribution >= 0.6 is 0 Å². The number of nitrogens with one attached hydrogen (secondary N) is 2. The first-order valence-electron chi connectivity index (χ1n) is 1.38. The molecule has 0 aromatic rings. The van der Waals surface area contributed by atoms with Gasteiger partial charge in [-0.15, -0.1) is 7.77 Å². The second kappa shape index (κ2) is 6.02. The Hall–Kier alpha value is 0.446. The minimum atomic E-state index is -4.92. The van der Waals surface area contributed by atoms with Gasteiger partial charge in [-0.25, -0.2) is 16.8 Å². The van der Waals surface area contributed by atoms with Gasteiger partial charge in [-0.3, -0.25) is 0 Å². The zero-order valence-electron chi connectivity index (χ0n) is 4.91. The smallest absolute Gasteiger partial charge is 0.536 e.